The smallest absolute Gasteiger partial charge is 0.224 e. The van der Waals surface area contributed by atoms with E-state index in [-0.39, 0.29) is 11.3 Å². The summed E-state index contributed by atoms with van der Waals surface area (Å²) in [4.78, 5) is 12.1. The van der Waals surface area contributed by atoms with Gasteiger partial charge in [0.15, 0.2) is 0 Å². The highest BCUT2D eigenvalue weighted by Crippen LogP contribution is 2.49. The fourth-order valence-electron chi connectivity index (χ4n) is 4.58. The molecular formula is C14H24N2O. The van der Waals surface area contributed by atoms with Gasteiger partial charge in [0, 0.05) is 12.1 Å². The normalized spacial score (nSPS) is 42.6. The van der Waals surface area contributed by atoms with Crippen molar-refractivity contribution in [2.75, 3.05) is 0 Å². The third-order valence-electron chi connectivity index (χ3n) is 5.43. The Kier molecular flexibility index (Phi) is 2.89. The van der Waals surface area contributed by atoms with Gasteiger partial charge in [0.25, 0.3) is 0 Å². The lowest BCUT2D eigenvalue weighted by molar-refractivity contribution is -0.135. The van der Waals surface area contributed by atoms with Gasteiger partial charge in [-0.15, -0.1) is 0 Å². The Morgan fingerprint density at radius 3 is 2.12 bits per heavy atom. The molecule has 3 heteroatoms. The van der Waals surface area contributed by atoms with Gasteiger partial charge in [0.1, 0.15) is 0 Å². The van der Waals surface area contributed by atoms with Gasteiger partial charge in [-0.1, -0.05) is 19.3 Å². The van der Waals surface area contributed by atoms with Crippen LogP contribution in [-0.4, -0.2) is 18.0 Å². The van der Waals surface area contributed by atoms with Crippen molar-refractivity contribution < 1.29 is 4.79 Å². The number of piperidine rings is 1. The Hall–Kier alpha value is -0.570. The minimum Gasteiger partial charge on any atom is -0.369 e. The third kappa shape index (κ3) is 1.88. The summed E-state index contributed by atoms with van der Waals surface area (Å²) in [6.45, 7) is 0. The highest BCUT2D eigenvalue weighted by Gasteiger charge is 2.51. The molecule has 3 rings (SSSR count). The number of hydrogen-bond acceptors (Lipinski definition) is 2. The molecule has 3 nitrogen and oxygen atoms in total. The number of hydrogen-bond donors (Lipinski definition) is 2. The SMILES string of the molecule is NC(=O)C1(C2CCCCC2)CC2CCC(C1)N2. The molecule has 2 saturated heterocycles. The van der Waals surface area contributed by atoms with Crippen LogP contribution in [-0.2, 0) is 4.79 Å². The Balaban J connectivity index is 1.84. The number of carbonyl (C=O) groups excluding carboxylic acids is 1. The molecule has 3 fully saturated rings. The van der Waals surface area contributed by atoms with Crippen molar-refractivity contribution in [1.82, 2.24) is 5.32 Å². The van der Waals surface area contributed by atoms with Crippen LogP contribution in [0.2, 0.25) is 0 Å². The average Bonchev–Trinajstić information content (AvgIpc) is 2.69. The number of amides is 1. The van der Waals surface area contributed by atoms with E-state index in [1.807, 2.05) is 0 Å². The molecule has 0 spiro atoms. The van der Waals surface area contributed by atoms with Crippen LogP contribution in [0.3, 0.4) is 0 Å². The summed E-state index contributed by atoms with van der Waals surface area (Å²) in [7, 11) is 0. The van der Waals surface area contributed by atoms with E-state index in [1.54, 1.807) is 0 Å². The van der Waals surface area contributed by atoms with Gasteiger partial charge in [-0.2, -0.15) is 0 Å². The van der Waals surface area contributed by atoms with Gasteiger partial charge in [-0.05, 0) is 44.4 Å². The zero-order valence-corrected chi connectivity index (χ0v) is 10.6. The average molecular weight is 236 g/mol. The zero-order chi connectivity index (χ0) is 11.9. The van der Waals surface area contributed by atoms with E-state index in [4.69, 9.17) is 5.73 Å². The number of nitrogens with one attached hydrogen (secondary N) is 1. The predicted octanol–water partition coefficient (Wildman–Crippen LogP) is 1.95. The summed E-state index contributed by atoms with van der Waals surface area (Å²) in [5.74, 6) is 0.557. The molecule has 0 radical (unpaired) electrons. The van der Waals surface area contributed by atoms with E-state index < -0.39 is 0 Å². The van der Waals surface area contributed by atoms with Crippen molar-refractivity contribution in [3.8, 4) is 0 Å². The lowest BCUT2D eigenvalue weighted by atomic mass is 9.62. The molecule has 96 valence electrons. The summed E-state index contributed by atoms with van der Waals surface area (Å²) >= 11 is 0. The molecule has 0 aromatic carbocycles. The molecule has 1 saturated carbocycles. The molecule has 2 atom stereocenters. The van der Waals surface area contributed by atoms with Gasteiger partial charge < -0.3 is 11.1 Å². The molecule has 1 amide bonds. The molecule has 1 aliphatic carbocycles. The lowest BCUT2D eigenvalue weighted by Gasteiger charge is -2.45. The maximum absolute atomic E-state index is 12.1. The number of fused-ring (bicyclic) bond motifs is 2. The van der Waals surface area contributed by atoms with Crippen molar-refractivity contribution in [3.63, 3.8) is 0 Å². The van der Waals surface area contributed by atoms with E-state index in [0.29, 0.717) is 18.0 Å². The number of primary amides is 1. The van der Waals surface area contributed by atoms with Crippen LogP contribution in [0.5, 0.6) is 0 Å². The number of carbonyl (C=O) groups is 1. The maximum atomic E-state index is 12.1. The van der Waals surface area contributed by atoms with Crippen LogP contribution < -0.4 is 11.1 Å². The molecule has 2 heterocycles. The van der Waals surface area contributed by atoms with E-state index in [2.05, 4.69) is 5.32 Å². The van der Waals surface area contributed by atoms with Crippen LogP contribution in [0.1, 0.15) is 57.8 Å². The first-order valence-corrected chi connectivity index (χ1v) is 7.27. The summed E-state index contributed by atoms with van der Waals surface area (Å²) in [5.41, 5.74) is 5.65. The van der Waals surface area contributed by atoms with Crippen LogP contribution in [0.25, 0.3) is 0 Å². The predicted molar refractivity (Wildman–Crippen MR) is 67.4 cm³/mol. The van der Waals surface area contributed by atoms with E-state index in [1.165, 1.54) is 44.9 Å². The fraction of sp³-hybridized carbons (Fsp3) is 0.929. The monoisotopic (exact) mass is 236 g/mol. The molecule has 3 N–H and O–H groups in total. The van der Waals surface area contributed by atoms with E-state index >= 15 is 0 Å². The Labute approximate surface area is 104 Å². The van der Waals surface area contributed by atoms with Crippen LogP contribution in [0, 0.1) is 11.3 Å². The molecular weight excluding hydrogens is 212 g/mol. The summed E-state index contributed by atoms with van der Waals surface area (Å²) in [6, 6.07) is 1.12. The summed E-state index contributed by atoms with van der Waals surface area (Å²) < 4.78 is 0. The molecule has 2 unspecified atom stereocenters. The molecule has 2 bridgehead atoms. The van der Waals surface area contributed by atoms with E-state index in [0.717, 1.165) is 12.8 Å². The lowest BCUT2D eigenvalue weighted by Crippen LogP contribution is -2.54. The van der Waals surface area contributed by atoms with Crippen molar-refractivity contribution in [2.24, 2.45) is 17.1 Å². The van der Waals surface area contributed by atoms with Crippen LogP contribution in [0.4, 0.5) is 0 Å². The third-order valence-corrected chi connectivity index (χ3v) is 5.43. The molecule has 3 aliphatic rings. The van der Waals surface area contributed by atoms with Gasteiger partial charge in [0.05, 0.1) is 5.41 Å². The van der Waals surface area contributed by atoms with Crippen molar-refractivity contribution in [3.05, 3.63) is 0 Å². The molecule has 0 aromatic rings. The zero-order valence-electron chi connectivity index (χ0n) is 10.6. The molecule has 17 heavy (non-hydrogen) atoms. The van der Waals surface area contributed by atoms with Gasteiger partial charge in [0.2, 0.25) is 5.91 Å². The minimum atomic E-state index is -0.169. The van der Waals surface area contributed by atoms with Crippen LogP contribution >= 0.6 is 0 Å². The second kappa shape index (κ2) is 4.27. The minimum absolute atomic E-state index is 0.0113. The van der Waals surface area contributed by atoms with Gasteiger partial charge >= 0.3 is 0 Å². The molecule has 0 aromatic heterocycles. The highest BCUT2D eigenvalue weighted by atomic mass is 16.1. The Morgan fingerprint density at radius 1 is 1.00 bits per heavy atom. The van der Waals surface area contributed by atoms with Gasteiger partial charge in [-0.25, -0.2) is 0 Å². The summed E-state index contributed by atoms with van der Waals surface area (Å²) in [6.07, 6.45) is 10.9. The summed E-state index contributed by atoms with van der Waals surface area (Å²) in [5, 5.41) is 3.63. The van der Waals surface area contributed by atoms with Crippen LogP contribution in [0.15, 0.2) is 0 Å². The second-order valence-corrected chi connectivity index (χ2v) is 6.40. The highest BCUT2D eigenvalue weighted by molar-refractivity contribution is 5.81. The Bertz CT molecular complexity index is 297. The fourth-order valence-corrected chi connectivity index (χ4v) is 4.58. The first-order chi connectivity index (χ1) is 8.21. The van der Waals surface area contributed by atoms with Crippen molar-refractivity contribution >= 4 is 5.91 Å². The number of nitrogens with two attached hydrogens (primary N) is 1. The largest absolute Gasteiger partial charge is 0.369 e. The van der Waals surface area contributed by atoms with Crippen molar-refractivity contribution in [2.45, 2.75) is 69.9 Å². The maximum Gasteiger partial charge on any atom is 0.224 e. The second-order valence-electron chi connectivity index (χ2n) is 6.40. The first kappa shape index (κ1) is 11.5. The molecule has 2 aliphatic heterocycles. The topological polar surface area (TPSA) is 55.1 Å². The number of rotatable bonds is 2. The van der Waals surface area contributed by atoms with Crippen molar-refractivity contribution in [1.29, 1.82) is 0 Å². The quantitative estimate of drug-likeness (QED) is 0.770. The van der Waals surface area contributed by atoms with Gasteiger partial charge in [-0.3, -0.25) is 4.79 Å². The standard InChI is InChI=1S/C14H24N2O/c15-13(17)14(10-4-2-1-3-5-10)8-11-6-7-12(9-14)16-11/h10-12,16H,1-9H2,(H2,15,17). The Morgan fingerprint density at radius 2 is 1.59 bits per heavy atom. The first-order valence-electron chi connectivity index (χ1n) is 7.27. The van der Waals surface area contributed by atoms with E-state index in [9.17, 15) is 4.79 Å².